The van der Waals surface area contributed by atoms with Crippen LogP contribution in [0.5, 0.6) is 0 Å². The van der Waals surface area contributed by atoms with Gasteiger partial charge in [0.15, 0.2) is 10.4 Å². The maximum atomic E-state index is 14.4. The van der Waals surface area contributed by atoms with Crippen LogP contribution in [-0.2, 0) is 36.8 Å². The fourth-order valence-corrected chi connectivity index (χ4v) is 10.4. The van der Waals surface area contributed by atoms with Crippen molar-refractivity contribution in [3.8, 4) is 0 Å². The van der Waals surface area contributed by atoms with Crippen LogP contribution < -0.4 is 5.32 Å². The topological polar surface area (TPSA) is 126 Å². The van der Waals surface area contributed by atoms with E-state index in [1.807, 2.05) is 91.0 Å². The summed E-state index contributed by atoms with van der Waals surface area (Å²) in [4.78, 5) is 60.7. The number of nitrogens with one attached hydrogen (secondary N) is 1. The standard InChI is InChI=1S/C37H33N3O6S3.K.H/c41-28(19-22-11-4-1-5-12-22)38-31-34(44)40-32(36(45)46-33(23-13-6-2-7-14-23)24-15-8-3-9-16-24)27(21-47-35(31)40)49-37-39-30-25(20-29(42)43)17-10-18-26(30)48-37;;/h1-9,11-16,25,31,33,35H,10,17-21H2,(H,38,41)(H,42,43);;/t25?,31-,35-;;/m1../s1. The van der Waals surface area contributed by atoms with Gasteiger partial charge in [-0.3, -0.25) is 19.3 Å². The molecule has 2 N–H and O–H groups in total. The number of hydrogen-bond donors (Lipinski definition) is 2. The van der Waals surface area contributed by atoms with Gasteiger partial charge in [0.05, 0.1) is 18.5 Å². The summed E-state index contributed by atoms with van der Waals surface area (Å²) in [5.41, 5.74) is 3.39. The minimum absolute atomic E-state index is 0. The second-order valence-corrected chi connectivity index (χ2v) is 15.6. The van der Waals surface area contributed by atoms with Crippen LogP contribution in [0, 0.1) is 0 Å². The Morgan fingerprint density at radius 3 is 2.26 bits per heavy atom. The number of benzene rings is 3. The van der Waals surface area contributed by atoms with Crippen molar-refractivity contribution < 1.29 is 29.0 Å². The van der Waals surface area contributed by atoms with E-state index in [0.29, 0.717) is 15.0 Å². The first-order valence-corrected chi connectivity index (χ1v) is 18.7. The second-order valence-electron chi connectivity index (χ2n) is 12.1. The molecule has 13 heteroatoms. The summed E-state index contributed by atoms with van der Waals surface area (Å²) >= 11 is 4.32. The molecule has 7 rings (SSSR count). The average Bonchev–Trinajstić information content (AvgIpc) is 3.54. The first-order valence-electron chi connectivity index (χ1n) is 16.1. The molecule has 1 saturated heterocycles. The third-order valence-corrected chi connectivity index (χ3v) is 12.5. The van der Waals surface area contributed by atoms with Crippen LogP contribution in [-0.4, -0.2) is 107 Å². The molecule has 252 valence electrons. The van der Waals surface area contributed by atoms with Gasteiger partial charge in [-0.2, -0.15) is 0 Å². The van der Waals surface area contributed by atoms with Gasteiger partial charge in [0.25, 0.3) is 5.91 Å². The molecule has 3 atom stereocenters. The number of carbonyl (C=O) groups excluding carboxylic acids is 3. The van der Waals surface area contributed by atoms with Crippen molar-refractivity contribution in [1.82, 2.24) is 15.2 Å². The number of aliphatic carboxylic acids is 1. The van der Waals surface area contributed by atoms with Gasteiger partial charge in [-0.1, -0.05) is 103 Å². The summed E-state index contributed by atoms with van der Waals surface area (Å²) in [5, 5.41) is 11.9. The third-order valence-electron chi connectivity index (χ3n) is 8.76. The number of rotatable bonds is 11. The van der Waals surface area contributed by atoms with Crippen LogP contribution in [0.2, 0.25) is 0 Å². The molecular weight excluding hydrogens is 718 g/mol. The summed E-state index contributed by atoms with van der Waals surface area (Å²) in [6.45, 7) is 0. The normalized spacial score (nSPS) is 19.5. The van der Waals surface area contributed by atoms with Gasteiger partial charge >= 0.3 is 63.3 Å². The number of carbonyl (C=O) groups is 4. The van der Waals surface area contributed by atoms with Crippen LogP contribution in [0.4, 0.5) is 0 Å². The number of thiazole rings is 1. The summed E-state index contributed by atoms with van der Waals surface area (Å²) in [5.74, 6) is -1.88. The van der Waals surface area contributed by atoms with Gasteiger partial charge in [-0.25, -0.2) is 9.78 Å². The number of carboxylic acid groups (broad SMARTS) is 1. The Bertz CT molecular complexity index is 1870. The molecule has 2 aliphatic heterocycles. The molecule has 9 nitrogen and oxygen atoms in total. The molecule has 2 amide bonds. The Morgan fingerprint density at radius 2 is 1.62 bits per heavy atom. The molecule has 0 bridgehead atoms. The van der Waals surface area contributed by atoms with Gasteiger partial charge in [0.1, 0.15) is 17.1 Å². The maximum absolute atomic E-state index is 14.4. The predicted molar refractivity (Wildman–Crippen MR) is 196 cm³/mol. The van der Waals surface area contributed by atoms with E-state index in [1.165, 1.54) is 39.8 Å². The van der Waals surface area contributed by atoms with Gasteiger partial charge in [0.2, 0.25) is 5.91 Å². The van der Waals surface area contributed by atoms with Crippen LogP contribution >= 0.6 is 34.9 Å². The summed E-state index contributed by atoms with van der Waals surface area (Å²) in [6, 6.07) is 27.5. The number of thioether (sulfide) groups is 2. The van der Waals surface area contributed by atoms with E-state index in [2.05, 4.69) is 5.32 Å². The number of aromatic nitrogens is 1. The Labute approximate surface area is 345 Å². The third kappa shape index (κ3) is 8.15. The summed E-state index contributed by atoms with van der Waals surface area (Å²) in [6.07, 6.45) is 1.95. The monoisotopic (exact) mass is 751 g/mol. The molecule has 1 aromatic heterocycles. The molecule has 0 saturated carbocycles. The van der Waals surface area contributed by atoms with Crippen LogP contribution in [0.3, 0.4) is 0 Å². The number of carboxylic acids is 1. The van der Waals surface area contributed by atoms with Gasteiger partial charge in [-0.15, -0.1) is 23.1 Å². The molecule has 1 fully saturated rings. The predicted octanol–water partition coefficient (Wildman–Crippen LogP) is 5.67. The van der Waals surface area contributed by atoms with Crippen molar-refractivity contribution in [2.24, 2.45) is 0 Å². The summed E-state index contributed by atoms with van der Waals surface area (Å²) in [7, 11) is 0. The molecule has 3 aliphatic rings. The number of aryl methyl sites for hydroxylation is 1. The number of ether oxygens (including phenoxy) is 1. The quantitative estimate of drug-likeness (QED) is 0.113. The Balaban J connectivity index is 0.00000432. The van der Waals surface area contributed by atoms with E-state index in [9.17, 15) is 24.3 Å². The van der Waals surface area contributed by atoms with Crippen molar-refractivity contribution in [1.29, 1.82) is 0 Å². The average molecular weight is 752 g/mol. The van der Waals surface area contributed by atoms with Gasteiger partial charge in [0, 0.05) is 21.5 Å². The first-order chi connectivity index (χ1) is 23.9. The molecule has 50 heavy (non-hydrogen) atoms. The fourth-order valence-electron chi connectivity index (χ4n) is 6.46. The molecule has 3 aromatic carbocycles. The number of amides is 2. The van der Waals surface area contributed by atoms with E-state index < -0.39 is 29.5 Å². The number of esters is 1. The Morgan fingerprint density at radius 1 is 0.980 bits per heavy atom. The molecular formula is C37H34KN3O6S3. The van der Waals surface area contributed by atoms with E-state index in [0.717, 1.165) is 46.5 Å². The zero-order valence-corrected chi connectivity index (χ0v) is 28.8. The van der Waals surface area contributed by atoms with Crippen LogP contribution in [0.15, 0.2) is 106 Å². The first kappa shape index (κ1) is 37.0. The molecule has 3 heterocycles. The summed E-state index contributed by atoms with van der Waals surface area (Å²) < 4.78 is 6.98. The van der Waals surface area contributed by atoms with E-state index in [1.54, 1.807) is 0 Å². The minimum atomic E-state index is -0.851. The SMILES string of the molecule is O=C(O)CC1CCCc2sc(SC3=C(C(=O)OC(c4ccccc4)c4ccccc4)N4C(=O)[C@@H](NC(=O)Cc5ccccc5)[C@H]4SC3)nc21.[KH]. The van der Waals surface area contributed by atoms with Crippen molar-refractivity contribution in [3.05, 3.63) is 129 Å². The number of β-lactam (4-membered cyclic amide) rings is 1. The number of hydrogen-bond acceptors (Lipinski definition) is 9. The van der Waals surface area contributed by atoms with Crippen molar-refractivity contribution in [2.75, 3.05) is 5.75 Å². The number of nitrogens with zero attached hydrogens (tertiary/aromatic N) is 2. The van der Waals surface area contributed by atoms with Gasteiger partial charge < -0.3 is 15.2 Å². The molecule has 0 radical (unpaired) electrons. The van der Waals surface area contributed by atoms with Crippen LogP contribution in [0.25, 0.3) is 0 Å². The van der Waals surface area contributed by atoms with E-state index in [-0.39, 0.29) is 87.7 Å². The number of fused-ring (bicyclic) bond motifs is 2. The van der Waals surface area contributed by atoms with Crippen molar-refractivity contribution in [3.63, 3.8) is 0 Å². The zero-order chi connectivity index (χ0) is 33.9. The van der Waals surface area contributed by atoms with Crippen molar-refractivity contribution >= 4 is 110 Å². The Kier molecular flexibility index (Phi) is 12.4. The van der Waals surface area contributed by atoms with Crippen molar-refractivity contribution in [2.45, 2.75) is 59.9 Å². The van der Waals surface area contributed by atoms with Gasteiger partial charge in [-0.05, 0) is 36.0 Å². The molecule has 4 aromatic rings. The molecule has 0 spiro atoms. The molecule has 1 aliphatic carbocycles. The fraction of sp³-hybridized carbons (Fsp3) is 0.270. The van der Waals surface area contributed by atoms with Crippen LogP contribution in [0.1, 0.15) is 58.5 Å². The second kappa shape index (κ2) is 16.7. The zero-order valence-electron chi connectivity index (χ0n) is 26.3. The Hall–Kier alpha value is -2.75. The molecule has 1 unspecified atom stereocenters. The van der Waals surface area contributed by atoms with E-state index in [4.69, 9.17) is 9.72 Å². The van der Waals surface area contributed by atoms with E-state index >= 15 is 0 Å².